The van der Waals surface area contributed by atoms with E-state index in [9.17, 15) is 14.7 Å². The lowest BCUT2D eigenvalue weighted by Crippen LogP contribution is -2.31. The Morgan fingerprint density at radius 2 is 1.82 bits per heavy atom. The number of aryl methyl sites for hydroxylation is 2. The highest BCUT2D eigenvalue weighted by molar-refractivity contribution is 6.46. The summed E-state index contributed by atoms with van der Waals surface area (Å²) in [5.74, 6) is -0.563. The molecule has 1 aliphatic rings. The van der Waals surface area contributed by atoms with Gasteiger partial charge in [0.15, 0.2) is 0 Å². The lowest BCUT2D eigenvalue weighted by Gasteiger charge is -2.27. The number of benzene rings is 2. The Labute approximate surface area is 198 Å². The average molecular weight is 462 g/mol. The van der Waals surface area contributed by atoms with Crippen molar-refractivity contribution in [3.05, 3.63) is 83.4 Å². The number of ether oxygens (including phenoxy) is 2. The Bertz CT molecular complexity index is 1220. The largest absolute Gasteiger partial charge is 0.507 e. The number of methoxy groups -OCH3 is 2. The molecule has 0 spiro atoms. The predicted octanol–water partition coefficient (Wildman–Crippen LogP) is 3.72. The number of carbonyl (C=O) groups is 2. The van der Waals surface area contributed by atoms with Gasteiger partial charge in [0.1, 0.15) is 17.3 Å². The van der Waals surface area contributed by atoms with E-state index in [4.69, 9.17) is 9.47 Å². The van der Waals surface area contributed by atoms with E-state index in [-0.39, 0.29) is 11.3 Å². The number of aliphatic hydroxyl groups is 1. The number of hydrogen-bond acceptors (Lipinski definition) is 6. The Balaban J connectivity index is 1.81. The highest BCUT2D eigenvalue weighted by atomic mass is 16.5. The molecule has 2 heterocycles. The van der Waals surface area contributed by atoms with Gasteiger partial charge < -0.3 is 24.0 Å². The third kappa shape index (κ3) is 4.39. The van der Waals surface area contributed by atoms with Crippen LogP contribution in [0, 0.1) is 6.92 Å². The van der Waals surface area contributed by atoms with Crippen LogP contribution in [0.25, 0.3) is 5.76 Å². The summed E-state index contributed by atoms with van der Waals surface area (Å²) in [6, 6.07) is 11.5. The number of hydrogen-bond donors (Lipinski definition) is 1. The number of imidazole rings is 1. The van der Waals surface area contributed by atoms with Gasteiger partial charge in [0.05, 0.1) is 32.2 Å². The Kier molecular flexibility index (Phi) is 6.67. The molecule has 34 heavy (non-hydrogen) atoms. The summed E-state index contributed by atoms with van der Waals surface area (Å²) in [5.41, 5.74) is 2.08. The number of ketones is 1. The number of Topliss-reactive ketones (excluding diaryl/α,β-unsaturated/α-hetero) is 1. The normalized spacial score (nSPS) is 17.3. The fourth-order valence-electron chi connectivity index (χ4n) is 4.20. The predicted molar refractivity (Wildman–Crippen MR) is 127 cm³/mol. The molecule has 0 saturated carbocycles. The van der Waals surface area contributed by atoms with Crippen LogP contribution in [0.1, 0.15) is 29.2 Å². The van der Waals surface area contributed by atoms with Crippen LogP contribution in [0.3, 0.4) is 0 Å². The van der Waals surface area contributed by atoms with Gasteiger partial charge in [-0.2, -0.15) is 0 Å². The first-order valence-electron chi connectivity index (χ1n) is 11.0. The molecule has 1 saturated heterocycles. The van der Waals surface area contributed by atoms with Crippen LogP contribution >= 0.6 is 0 Å². The fourth-order valence-corrected chi connectivity index (χ4v) is 4.20. The van der Waals surface area contributed by atoms with E-state index < -0.39 is 17.7 Å². The zero-order valence-corrected chi connectivity index (χ0v) is 19.4. The van der Waals surface area contributed by atoms with E-state index in [1.54, 1.807) is 50.0 Å². The first-order valence-corrected chi connectivity index (χ1v) is 11.0. The summed E-state index contributed by atoms with van der Waals surface area (Å²) in [6.45, 7) is 2.87. The highest BCUT2D eigenvalue weighted by Gasteiger charge is 2.47. The van der Waals surface area contributed by atoms with E-state index in [0.29, 0.717) is 42.1 Å². The number of likely N-dealkylation sites (tertiary alicyclic amines) is 1. The molecular weight excluding hydrogens is 434 g/mol. The molecule has 1 amide bonds. The highest BCUT2D eigenvalue weighted by Crippen LogP contribution is 2.43. The van der Waals surface area contributed by atoms with Gasteiger partial charge in [0, 0.05) is 36.6 Å². The van der Waals surface area contributed by atoms with Crippen molar-refractivity contribution in [3.63, 3.8) is 0 Å². The maximum atomic E-state index is 13.2. The van der Waals surface area contributed by atoms with Crippen LogP contribution in [0.15, 0.2) is 66.8 Å². The molecule has 1 atom stereocenters. The van der Waals surface area contributed by atoms with Crippen LogP contribution in [-0.2, 0) is 16.1 Å². The summed E-state index contributed by atoms with van der Waals surface area (Å²) in [4.78, 5) is 31.9. The number of aliphatic hydroxyl groups excluding tert-OH is 1. The van der Waals surface area contributed by atoms with Crippen LogP contribution in [0.5, 0.6) is 11.5 Å². The number of nitrogens with zero attached hydrogens (tertiary/aromatic N) is 3. The number of amides is 1. The standard InChI is InChI=1S/C26H27N3O5/c1-17-5-7-18(8-6-17)24(30)22-23(20-15-19(33-2)9-10-21(20)34-3)29(26(32)25(22)31)13-4-12-28-14-11-27-16-28/h5-11,14-16,23,30H,4,12-13H2,1-3H3/t23-/m0/s1. The second-order valence-corrected chi connectivity index (χ2v) is 8.12. The molecule has 0 bridgehead atoms. The van der Waals surface area contributed by atoms with Gasteiger partial charge in [-0.25, -0.2) is 4.98 Å². The molecule has 1 aliphatic heterocycles. The van der Waals surface area contributed by atoms with Crippen molar-refractivity contribution in [2.75, 3.05) is 20.8 Å². The maximum absolute atomic E-state index is 13.2. The van der Waals surface area contributed by atoms with Gasteiger partial charge in [-0.05, 0) is 31.5 Å². The minimum atomic E-state index is -0.825. The van der Waals surface area contributed by atoms with Gasteiger partial charge in [-0.3, -0.25) is 9.59 Å². The molecule has 1 N–H and O–H groups in total. The smallest absolute Gasteiger partial charge is 0.295 e. The van der Waals surface area contributed by atoms with Crippen LogP contribution in [-0.4, -0.2) is 52.0 Å². The molecule has 176 valence electrons. The molecule has 1 aromatic heterocycles. The van der Waals surface area contributed by atoms with Gasteiger partial charge in [-0.15, -0.1) is 0 Å². The molecule has 1 fully saturated rings. The molecule has 8 nitrogen and oxygen atoms in total. The Hall–Kier alpha value is -4.07. The molecule has 4 rings (SSSR count). The molecular formula is C26H27N3O5. The van der Waals surface area contributed by atoms with Crippen molar-refractivity contribution in [2.45, 2.75) is 25.9 Å². The number of carbonyl (C=O) groups excluding carboxylic acids is 2. The van der Waals surface area contributed by atoms with E-state index in [0.717, 1.165) is 5.56 Å². The molecule has 0 aliphatic carbocycles. The fraction of sp³-hybridized carbons (Fsp3) is 0.269. The average Bonchev–Trinajstić information content (AvgIpc) is 3.46. The van der Waals surface area contributed by atoms with Crippen molar-refractivity contribution in [3.8, 4) is 11.5 Å². The molecule has 0 unspecified atom stereocenters. The Morgan fingerprint density at radius 1 is 1.06 bits per heavy atom. The quantitative estimate of drug-likeness (QED) is 0.312. The van der Waals surface area contributed by atoms with Crippen molar-refractivity contribution < 1.29 is 24.2 Å². The SMILES string of the molecule is COc1ccc(OC)c([C@H]2C(=C(O)c3ccc(C)cc3)C(=O)C(=O)N2CCCn2ccnc2)c1. The topological polar surface area (TPSA) is 93.9 Å². The van der Waals surface area contributed by atoms with Crippen LogP contribution in [0.2, 0.25) is 0 Å². The van der Waals surface area contributed by atoms with E-state index in [2.05, 4.69) is 4.98 Å². The third-order valence-electron chi connectivity index (χ3n) is 5.97. The summed E-state index contributed by atoms with van der Waals surface area (Å²) in [7, 11) is 3.07. The minimum absolute atomic E-state index is 0.0306. The van der Waals surface area contributed by atoms with E-state index in [1.807, 2.05) is 29.8 Å². The van der Waals surface area contributed by atoms with Gasteiger partial charge in [0.25, 0.3) is 11.7 Å². The van der Waals surface area contributed by atoms with Crippen LogP contribution < -0.4 is 9.47 Å². The number of aromatic nitrogens is 2. The zero-order valence-electron chi connectivity index (χ0n) is 19.4. The van der Waals surface area contributed by atoms with Gasteiger partial charge in [0.2, 0.25) is 0 Å². The van der Waals surface area contributed by atoms with Crippen molar-refractivity contribution in [2.24, 2.45) is 0 Å². The minimum Gasteiger partial charge on any atom is -0.507 e. The van der Waals surface area contributed by atoms with Crippen LogP contribution in [0.4, 0.5) is 0 Å². The second-order valence-electron chi connectivity index (χ2n) is 8.12. The summed E-state index contributed by atoms with van der Waals surface area (Å²) >= 11 is 0. The zero-order chi connectivity index (χ0) is 24.2. The molecule has 3 aromatic rings. The third-order valence-corrected chi connectivity index (χ3v) is 5.97. The van der Waals surface area contributed by atoms with Gasteiger partial charge in [-0.1, -0.05) is 29.8 Å². The Morgan fingerprint density at radius 3 is 2.47 bits per heavy atom. The van der Waals surface area contributed by atoms with Crippen molar-refractivity contribution in [1.82, 2.24) is 14.5 Å². The van der Waals surface area contributed by atoms with Gasteiger partial charge >= 0.3 is 0 Å². The van der Waals surface area contributed by atoms with E-state index in [1.165, 1.54) is 12.0 Å². The monoisotopic (exact) mass is 461 g/mol. The maximum Gasteiger partial charge on any atom is 0.295 e. The van der Waals surface area contributed by atoms with Crippen molar-refractivity contribution >= 4 is 17.4 Å². The second kappa shape index (κ2) is 9.82. The molecule has 2 aromatic carbocycles. The van der Waals surface area contributed by atoms with Crippen molar-refractivity contribution in [1.29, 1.82) is 0 Å². The summed E-state index contributed by atoms with van der Waals surface area (Å²) in [6.07, 6.45) is 5.83. The number of rotatable bonds is 8. The first kappa shape index (κ1) is 23.1. The van der Waals surface area contributed by atoms with E-state index >= 15 is 0 Å². The molecule has 0 radical (unpaired) electrons. The summed E-state index contributed by atoms with van der Waals surface area (Å²) < 4.78 is 12.9. The molecule has 8 heteroatoms. The lowest BCUT2D eigenvalue weighted by atomic mass is 9.94. The summed E-state index contributed by atoms with van der Waals surface area (Å²) in [5, 5.41) is 11.2. The lowest BCUT2D eigenvalue weighted by molar-refractivity contribution is -0.140. The first-order chi connectivity index (χ1) is 16.4.